The van der Waals surface area contributed by atoms with E-state index in [1.807, 2.05) is 45.9 Å². The van der Waals surface area contributed by atoms with Crippen molar-refractivity contribution in [3.63, 3.8) is 0 Å². The lowest BCUT2D eigenvalue weighted by Crippen LogP contribution is -2.44. The maximum absolute atomic E-state index is 12.2. The molecule has 1 amide bonds. The molecule has 0 saturated carbocycles. The molecule has 2 aromatic rings. The van der Waals surface area contributed by atoms with Crippen molar-refractivity contribution in [2.45, 2.75) is 59.2 Å². The summed E-state index contributed by atoms with van der Waals surface area (Å²) in [5, 5.41) is 0.783. The Hall–Kier alpha value is -2.70. The Morgan fingerprint density at radius 2 is 1.90 bits per heavy atom. The van der Waals surface area contributed by atoms with Crippen LogP contribution in [0.1, 0.15) is 56.7 Å². The first-order valence-corrected chi connectivity index (χ1v) is 10.0. The van der Waals surface area contributed by atoms with Crippen LogP contribution >= 0.6 is 0 Å². The van der Waals surface area contributed by atoms with E-state index in [1.54, 1.807) is 11.8 Å². The normalized spacial score (nSPS) is 15.4. The Bertz CT molecular complexity index is 887. The summed E-state index contributed by atoms with van der Waals surface area (Å²) in [6, 6.07) is 5.52. The number of piperidine rings is 1. The molecule has 1 aromatic heterocycles. The number of hydrogen-bond donors (Lipinski definition) is 0. The number of benzene rings is 1. The molecule has 0 atom stereocenters. The van der Waals surface area contributed by atoms with Crippen LogP contribution in [0.5, 0.6) is 5.75 Å². The lowest BCUT2D eigenvalue weighted by molar-refractivity contribution is 0.0127. The number of furan rings is 1. The Balaban J connectivity index is 1.70. The molecule has 0 unspecified atom stereocenters. The first kappa shape index (κ1) is 21.0. The molecule has 0 radical (unpaired) electrons. The third kappa shape index (κ3) is 4.83. The smallest absolute Gasteiger partial charge is 0.410 e. The van der Waals surface area contributed by atoms with Crippen LogP contribution < -0.4 is 4.74 Å². The molecule has 1 aliphatic heterocycles. The Morgan fingerprint density at radius 3 is 2.52 bits per heavy atom. The van der Waals surface area contributed by atoms with E-state index in [0.717, 1.165) is 5.39 Å². The van der Waals surface area contributed by atoms with Gasteiger partial charge in [-0.25, -0.2) is 9.59 Å². The van der Waals surface area contributed by atoms with Gasteiger partial charge >= 0.3 is 12.1 Å². The average molecular weight is 403 g/mol. The lowest BCUT2D eigenvalue weighted by Gasteiger charge is -2.33. The molecule has 158 valence electrons. The molecule has 3 rings (SSSR count). The van der Waals surface area contributed by atoms with Gasteiger partial charge in [-0.15, -0.1) is 0 Å². The van der Waals surface area contributed by atoms with Gasteiger partial charge in [-0.05, 0) is 46.8 Å². The predicted octanol–water partition coefficient (Wildman–Crippen LogP) is 4.70. The average Bonchev–Trinajstić information content (AvgIpc) is 2.99. The fourth-order valence-electron chi connectivity index (χ4n) is 3.42. The molecule has 0 bridgehead atoms. The van der Waals surface area contributed by atoms with Gasteiger partial charge in [-0.3, -0.25) is 0 Å². The third-order valence-electron chi connectivity index (χ3n) is 4.76. The van der Waals surface area contributed by atoms with Crippen molar-refractivity contribution in [1.82, 2.24) is 4.90 Å². The summed E-state index contributed by atoms with van der Waals surface area (Å²) in [4.78, 5) is 26.1. The number of hydrogen-bond acceptors (Lipinski definition) is 6. The van der Waals surface area contributed by atoms with Crippen LogP contribution in [0.2, 0.25) is 0 Å². The Kier molecular flexibility index (Phi) is 6.05. The van der Waals surface area contributed by atoms with Crippen molar-refractivity contribution in [2.24, 2.45) is 0 Å². The second-order valence-electron chi connectivity index (χ2n) is 8.19. The quantitative estimate of drug-likeness (QED) is 0.689. The van der Waals surface area contributed by atoms with E-state index in [4.69, 9.17) is 18.6 Å². The highest BCUT2D eigenvalue weighted by Crippen LogP contribution is 2.35. The number of amides is 1. The van der Waals surface area contributed by atoms with Gasteiger partial charge in [0.25, 0.3) is 0 Å². The summed E-state index contributed by atoms with van der Waals surface area (Å²) in [5.74, 6) is 0.408. The van der Waals surface area contributed by atoms with Gasteiger partial charge in [0.15, 0.2) is 0 Å². The van der Waals surface area contributed by atoms with Crippen molar-refractivity contribution in [3.05, 3.63) is 29.5 Å². The maximum atomic E-state index is 12.2. The first-order valence-electron chi connectivity index (χ1n) is 10.0. The summed E-state index contributed by atoms with van der Waals surface area (Å²) in [6.07, 6.45) is 1.09. The van der Waals surface area contributed by atoms with Crippen molar-refractivity contribution in [2.75, 3.05) is 19.7 Å². The van der Waals surface area contributed by atoms with Crippen molar-refractivity contribution < 1.29 is 28.2 Å². The van der Waals surface area contributed by atoms with Gasteiger partial charge in [0.05, 0.1) is 12.0 Å². The van der Waals surface area contributed by atoms with Crippen LogP contribution in [0.25, 0.3) is 11.0 Å². The van der Waals surface area contributed by atoms with Gasteiger partial charge in [0, 0.05) is 31.5 Å². The van der Waals surface area contributed by atoms with Crippen LogP contribution in [0.3, 0.4) is 0 Å². The highest BCUT2D eigenvalue weighted by Gasteiger charge is 2.28. The molecule has 0 spiro atoms. The summed E-state index contributed by atoms with van der Waals surface area (Å²) in [5.41, 5.74) is 0.796. The second kappa shape index (κ2) is 8.35. The number of likely N-dealkylation sites (tertiary alicyclic amines) is 1. The summed E-state index contributed by atoms with van der Waals surface area (Å²) in [6.45, 7) is 10.6. The molecule has 7 heteroatoms. The number of carbonyl (C=O) groups is 2. The maximum Gasteiger partial charge on any atom is 0.410 e. The van der Waals surface area contributed by atoms with Gasteiger partial charge < -0.3 is 23.5 Å². The highest BCUT2D eigenvalue weighted by molar-refractivity contribution is 5.98. The van der Waals surface area contributed by atoms with Crippen LogP contribution in [0.4, 0.5) is 4.79 Å². The van der Waals surface area contributed by atoms with Crippen LogP contribution in [-0.2, 0) is 9.47 Å². The van der Waals surface area contributed by atoms with E-state index < -0.39 is 11.6 Å². The highest BCUT2D eigenvalue weighted by atomic mass is 16.6. The van der Waals surface area contributed by atoms with E-state index in [-0.39, 0.29) is 24.6 Å². The fraction of sp³-hybridized carbons (Fsp3) is 0.545. The zero-order chi connectivity index (χ0) is 21.2. The number of fused-ring (bicyclic) bond motifs is 1. The summed E-state index contributed by atoms with van der Waals surface area (Å²) < 4.78 is 22.5. The monoisotopic (exact) mass is 403 g/mol. The van der Waals surface area contributed by atoms with Crippen LogP contribution in [0, 0.1) is 6.92 Å². The van der Waals surface area contributed by atoms with E-state index in [9.17, 15) is 9.59 Å². The third-order valence-corrected chi connectivity index (χ3v) is 4.76. The number of aryl methyl sites for hydroxylation is 1. The molecule has 1 fully saturated rings. The summed E-state index contributed by atoms with van der Waals surface area (Å²) in [7, 11) is 0. The molecule has 29 heavy (non-hydrogen) atoms. The zero-order valence-corrected chi connectivity index (χ0v) is 17.7. The van der Waals surface area contributed by atoms with Crippen LogP contribution in [0.15, 0.2) is 22.6 Å². The topological polar surface area (TPSA) is 78.2 Å². The molecular formula is C22H29NO6. The number of nitrogens with zero attached hydrogens (tertiary/aromatic N) is 1. The SMILES string of the molecule is CCOC(=O)c1oc2cccc(OC3CCN(C(=O)OC(C)(C)C)CC3)c2c1C. The molecule has 1 aliphatic rings. The number of esters is 1. The predicted molar refractivity (Wildman–Crippen MR) is 108 cm³/mol. The Morgan fingerprint density at radius 1 is 1.21 bits per heavy atom. The lowest BCUT2D eigenvalue weighted by atomic mass is 10.1. The van der Waals surface area contributed by atoms with E-state index in [1.165, 1.54) is 0 Å². The van der Waals surface area contributed by atoms with Crippen molar-refractivity contribution >= 4 is 23.0 Å². The van der Waals surface area contributed by atoms with E-state index >= 15 is 0 Å². The number of carbonyl (C=O) groups excluding carboxylic acids is 2. The minimum absolute atomic E-state index is 0.0281. The standard InChI is InChI=1S/C22H29NO6/c1-6-26-20(24)19-14(2)18-16(8-7-9-17(18)28-19)27-15-10-12-23(13-11-15)21(25)29-22(3,4)5/h7-9,15H,6,10-13H2,1-5H3. The van der Waals surface area contributed by atoms with Crippen molar-refractivity contribution in [3.8, 4) is 5.75 Å². The van der Waals surface area contributed by atoms with E-state index in [2.05, 4.69) is 0 Å². The molecule has 1 saturated heterocycles. The zero-order valence-electron chi connectivity index (χ0n) is 17.7. The Labute approximate surface area is 170 Å². The summed E-state index contributed by atoms with van der Waals surface area (Å²) >= 11 is 0. The molecule has 1 aromatic carbocycles. The minimum atomic E-state index is -0.504. The molecule has 0 N–H and O–H groups in total. The largest absolute Gasteiger partial charge is 0.490 e. The van der Waals surface area contributed by atoms with E-state index in [0.29, 0.717) is 42.8 Å². The molecule has 0 aliphatic carbocycles. The number of rotatable bonds is 4. The fourth-order valence-corrected chi connectivity index (χ4v) is 3.42. The van der Waals surface area contributed by atoms with Gasteiger partial charge in [-0.2, -0.15) is 0 Å². The molecular weight excluding hydrogens is 374 g/mol. The molecule has 2 heterocycles. The number of ether oxygens (including phenoxy) is 3. The van der Waals surface area contributed by atoms with Crippen molar-refractivity contribution in [1.29, 1.82) is 0 Å². The second-order valence-corrected chi connectivity index (χ2v) is 8.19. The van der Waals surface area contributed by atoms with Crippen LogP contribution in [-0.4, -0.2) is 48.4 Å². The van der Waals surface area contributed by atoms with Gasteiger partial charge in [0.1, 0.15) is 23.0 Å². The molecule has 7 nitrogen and oxygen atoms in total. The minimum Gasteiger partial charge on any atom is -0.490 e. The van der Waals surface area contributed by atoms with Gasteiger partial charge in [0.2, 0.25) is 5.76 Å². The first-order chi connectivity index (χ1) is 13.7. The van der Waals surface area contributed by atoms with Gasteiger partial charge in [-0.1, -0.05) is 6.07 Å².